The molecular formula is C25H23Cl2NO6. The van der Waals surface area contributed by atoms with Crippen LogP contribution in [0.25, 0.3) is 10.8 Å². The van der Waals surface area contributed by atoms with E-state index in [1.807, 2.05) is 18.2 Å². The zero-order chi connectivity index (χ0) is 24.7. The highest BCUT2D eigenvalue weighted by atomic mass is 35.5. The van der Waals surface area contributed by atoms with Crippen LogP contribution in [0.2, 0.25) is 10.0 Å². The first kappa shape index (κ1) is 25.5. The fraction of sp³-hybridized carbons (Fsp3) is 0.240. The van der Waals surface area contributed by atoms with E-state index in [-0.39, 0.29) is 12.6 Å². The van der Waals surface area contributed by atoms with Crippen molar-refractivity contribution in [1.82, 2.24) is 5.32 Å². The first-order valence-electron chi connectivity index (χ1n) is 10.5. The SMILES string of the molecule is O=C(O)C(=O)O.O=C(OCc1ccc(Cl)c(Cl)c1)C1(c2ccc3ccccc3c2)CCNCC1. The van der Waals surface area contributed by atoms with Crippen LogP contribution in [0.5, 0.6) is 0 Å². The van der Waals surface area contributed by atoms with Gasteiger partial charge in [-0.05, 0) is 60.0 Å². The number of ether oxygens (including phenoxy) is 1. The van der Waals surface area contributed by atoms with Crippen LogP contribution >= 0.6 is 23.2 Å². The molecule has 0 radical (unpaired) electrons. The lowest BCUT2D eigenvalue weighted by Gasteiger charge is -2.36. The molecule has 0 bridgehead atoms. The van der Waals surface area contributed by atoms with Gasteiger partial charge in [0.1, 0.15) is 6.61 Å². The Labute approximate surface area is 206 Å². The summed E-state index contributed by atoms with van der Waals surface area (Å²) in [7, 11) is 0. The molecule has 1 fully saturated rings. The number of aliphatic carboxylic acids is 2. The van der Waals surface area contributed by atoms with Crippen molar-refractivity contribution in [3.63, 3.8) is 0 Å². The fourth-order valence-corrected chi connectivity index (χ4v) is 4.19. The van der Waals surface area contributed by atoms with Gasteiger partial charge in [0.2, 0.25) is 0 Å². The van der Waals surface area contributed by atoms with Gasteiger partial charge < -0.3 is 20.3 Å². The van der Waals surface area contributed by atoms with Gasteiger partial charge >= 0.3 is 17.9 Å². The quantitative estimate of drug-likeness (QED) is 0.350. The molecule has 3 aromatic carbocycles. The van der Waals surface area contributed by atoms with Gasteiger partial charge in [-0.15, -0.1) is 0 Å². The number of nitrogens with one attached hydrogen (secondary N) is 1. The van der Waals surface area contributed by atoms with E-state index in [9.17, 15) is 4.79 Å². The van der Waals surface area contributed by atoms with E-state index in [2.05, 4.69) is 35.6 Å². The van der Waals surface area contributed by atoms with Crippen molar-refractivity contribution in [2.45, 2.75) is 24.9 Å². The van der Waals surface area contributed by atoms with E-state index in [0.29, 0.717) is 22.9 Å². The van der Waals surface area contributed by atoms with E-state index < -0.39 is 17.4 Å². The van der Waals surface area contributed by atoms with Crippen molar-refractivity contribution in [3.05, 3.63) is 81.8 Å². The first-order chi connectivity index (χ1) is 16.2. The smallest absolute Gasteiger partial charge is 0.414 e. The third-order valence-electron chi connectivity index (χ3n) is 5.69. The van der Waals surface area contributed by atoms with Crippen molar-refractivity contribution in [2.24, 2.45) is 0 Å². The number of hydrogen-bond acceptors (Lipinski definition) is 5. The summed E-state index contributed by atoms with van der Waals surface area (Å²) in [5.74, 6) is -3.83. The molecule has 0 spiro atoms. The number of carbonyl (C=O) groups is 3. The molecule has 4 rings (SSSR count). The third-order valence-corrected chi connectivity index (χ3v) is 6.43. The highest BCUT2D eigenvalue weighted by Gasteiger charge is 2.42. The molecule has 0 aliphatic carbocycles. The minimum atomic E-state index is -1.82. The lowest BCUT2D eigenvalue weighted by atomic mass is 9.72. The zero-order valence-electron chi connectivity index (χ0n) is 18.1. The Morgan fingerprint density at radius 3 is 2.12 bits per heavy atom. The summed E-state index contributed by atoms with van der Waals surface area (Å²) < 4.78 is 5.76. The second-order valence-corrected chi connectivity index (χ2v) is 8.64. The highest BCUT2D eigenvalue weighted by molar-refractivity contribution is 6.42. The van der Waals surface area contributed by atoms with Gasteiger partial charge in [0.25, 0.3) is 0 Å². The van der Waals surface area contributed by atoms with E-state index in [4.69, 9.17) is 47.7 Å². The summed E-state index contributed by atoms with van der Waals surface area (Å²) in [6, 6.07) is 19.8. The van der Waals surface area contributed by atoms with Crippen LogP contribution in [0.15, 0.2) is 60.7 Å². The molecule has 34 heavy (non-hydrogen) atoms. The number of carboxylic acid groups (broad SMARTS) is 2. The van der Waals surface area contributed by atoms with Crippen molar-refractivity contribution in [1.29, 1.82) is 0 Å². The summed E-state index contributed by atoms with van der Waals surface area (Å²) in [6.45, 7) is 1.75. The van der Waals surface area contributed by atoms with Gasteiger partial charge in [-0.3, -0.25) is 4.79 Å². The molecule has 0 amide bonds. The number of rotatable bonds is 4. The molecule has 1 aliphatic rings. The van der Waals surface area contributed by atoms with E-state index in [1.165, 1.54) is 5.39 Å². The van der Waals surface area contributed by atoms with Crippen LogP contribution in [0.3, 0.4) is 0 Å². The summed E-state index contributed by atoms with van der Waals surface area (Å²) in [5, 5.41) is 21.4. The summed E-state index contributed by atoms with van der Waals surface area (Å²) >= 11 is 12.0. The van der Waals surface area contributed by atoms with Crippen LogP contribution in [-0.4, -0.2) is 41.2 Å². The molecule has 3 aromatic rings. The number of hydrogen-bond donors (Lipinski definition) is 3. The highest BCUT2D eigenvalue weighted by Crippen LogP contribution is 2.37. The van der Waals surface area contributed by atoms with Gasteiger partial charge in [-0.1, -0.05) is 71.7 Å². The van der Waals surface area contributed by atoms with E-state index >= 15 is 0 Å². The first-order valence-corrected chi connectivity index (χ1v) is 11.3. The second kappa shape index (κ2) is 11.3. The Kier molecular flexibility index (Phi) is 8.50. The summed E-state index contributed by atoms with van der Waals surface area (Å²) in [5.41, 5.74) is 1.21. The van der Waals surface area contributed by atoms with Gasteiger partial charge in [0.15, 0.2) is 0 Å². The Bertz CT molecular complexity index is 1190. The molecule has 0 atom stereocenters. The molecule has 0 aromatic heterocycles. The number of halogens is 2. The number of carboxylic acids is 2. The van der Waals surface area contributed by atoms with Gasteiger partial charge in [-0.2, -0.15) is 0 Å². The number of piperidine rings is 1. The molecule has 0 unspecified atom stereocenters. The Balaban J connectivity index is 0.000000481. The summed E-state index contributed by atoms with van der Waals surface area (Å²) in [6.07, 6.45) is 1.43. The minimum Gasteiger partial charge on any atom is -0.473 e. The molecule has 9 heteroatoms. The lowest BCUT2D eigenvalue weighted by molar-refractivity contribution is -0.159. The van der Waals surface area contributed by atoms with Crippen LogP contribution < -0.4 is 5.32 Å². The predicted octanol–water partition coefficient (Wildman–Crippen LogP) is 4.67. The minimum absolute atomic E-state index is 0.179. The standard InChI is InChI=1S/C23H21Cl2NO2.C2H2O4/c24-20-8-5-16(13-21(20)25)15-28-22(27)23(9-11-26-12-10-23)19-7-6-17-3-1-2-4-18(17)14-19;3-1(4)2(5)6/h1-8,13-14,26H,9-12,15H2;(H,3,4)(H,5,6). The van der Waals surface area contributed by atoms with Crippen LogP contribution in [-0.2, 0) is 31.1 Å². The maximum atomic E-state index is 13.3. The van der Waals surface area contributed by atoms with Crippen molar-refractivity contribution >= 4 is 51.9 Å². The maximum Gasteiger partial charge on any atom is 0.414 e. The van der Waals surface area contributed by atoms with Crippen molar-refractivity contribution in [3.8, 4) is 0 Å². The molecular weight excluding hydrogens is 481 g/mol. The van der Waals surface area contributed by atoms with Crippen LogP contribution in [0.4, 0.5) is 0 Å². The number of esters is 1. The second-order valence-electron chi connectivity index (χ2n) is 7.83. The number of carbonyl (C=O) groups excluding carboxylic acids is 1. The molecule has 0 saturated carbocycles. The summed E-state index contributed by atoms with van der Waals surface area (Å²) in [4.78, 5) is 31.5. The molecule has 1 aliphatic heterocycles. The largest absolute Gasteiger partial charge is 0.473 e. The molecule has 3 N–H and O–H groups in total. The molecule has 1 heterocycles. The fourth-order valence-electron chi connectivity index (χ4n) is 3.87. The average molecular weight is 504 g/mol. The monoisotopic (exact) mass is 503 g/mol. The number of benzene rings is 3. The predicted molar refractivity (Wildman–Crippen MR) is 129 cm³/mol. The van der Waals surface area contributed by atoms with Crippen LogP contribution in [0, 0.1) is 0 Å². The van der Waals surface area contributed by atoms with E-state index in [1.54, 1.807) is 12.1 Å². The molecule has 1 saturated heterocycles. The Morgan fingerprint density at radius 1 is 0.853 bits per heavy atom. The Morgan fingerprint density at radius 2 is 1.50 bits per heavy atom. The molecule has 7 nitrogen and oxygen atoms in total. The van der Waals surface area contributed by atoms with Gasteiger partial charge in [-0.25, -0.2) is 9.59 Å². The normalized spacial score (nSPS) is 14.5. The van der Waals surface area contributed by atoms with Crippen LogP contribution in [0.1, 0.15) is 24.0 Å². The molecule has 178 valence electrons. The Hall–Kier alpha value is -3.13. The maximum absolute atomic E-state index is 13.3. The van der Waals surface area contributed by atoms with Gasteiger partial charge in [0.05, 0.1) is 15.5 Å². The third kappa shape index (κ3) is 6.05. The average Bonchev–Trinajstić information content (AvgIpc) is 2.85. The van der Waals surface area contributed by atoms with Crippen molar-refractivity contribution in [2.75, 3.05) is 13.1 Å². The zero-order valence-corrected chi connectivity index (χ0v) is 19.6. The number of fused-ring (bicyclic) bond motifs is 1. The van der Waals surface area contributed by atoms with E-state index in [0.717, 1.165) is 29.6 Å². The van der Waals surface area contributed by atoms with Gasteiger partial charge in [0, 0.05) is 0 Å². The van der Waals surface area contributed by atoms with Crippen molar-refractivity contribution < 1.29 is 29.3 Å². The lowest BCUT2D eigenvalue weighted by Crippen LogP contribution is -2.46. The topological polar surface area (TPSA) is 113 Å².